The van der Waals surface area contributed by atoms with Crippen LogP contribution >= 0.6 is 0 Å². The van der Waals surface area contributed by atoms with Crippen molar-refractivity contribution < 1.29 is 14.3 Å². The fourth-order valence-electron chi connectivity index (χ4n) is 3.18. The van der Waals surface area contributed by atoms with Crippen LogP contribution in [0, 0.1) is 6.92 Å². The van der Waals surface area contributed by atoms with Crippen LogP contribution in [-0.2, 0) is 17.8 Å². The van der Waals surface area contributed by atoms with E-state index in [1.54, 1.807) is 13.2 Å². The number of carbonyl (C=O) groups excluding carboxylic acids is 1. The molecule has 3 aromatic carbocycles. The average molecular weight is 402 g/mol. The zero-order valence-electron chi connectivity index (χ0n) is 17.6. The number of methoxy groups -OCH3 is 1. The second-order valence-electron chi connectivity index (χ2n) is 6.97. The van der Waals surface area contributed by atoms with Gasteiger partial charge in [0.25, 0.3) is 0 Å². The zero-order chi connectivity index (χ0) is 21.3. The third-order valence-corrected chi connectivity index (χ3v) is 4.84. The standard InChI is InChI=1S/C26H27NO3/c1-4-22-12-8-9-19(2)26(22)27-25(28)16-14-20-13-15-23(24(17-20)29-3)30-18-21-10-6-5-7-11-21/h5-17H,4,18H2,1-3H3,(H,27,28)/b16-14+. The Bertz CT molecular complexity index is 1030. The molecule has 0 fully saturated rings. The van der Waals surface area contributed by atoms with Crippen LogP contribution in [0.1, 0.15) is 29.2 Å². The minimum absolute atomic E-state index is 0.164. The maximum absolute atomic E-state index is 12.4. The highest BCUT2D eigenvalue weighted by molar-refractivity contribution is 6.02. The summed E-state index contributed by atoms with van der Waals surface area (Å²) in [7, 11) is 1.61. The summed E-state index contributed by atoms with van der Waals surface area (Å²) in [6.07, 6.45) is 4.16. The number of anilines is 1. The van der Waals surface area contributed by atoms with Crippen LogP contribution in [0.2, 0.25) is 0 Å². The van der Waals surface area contributed by atoms with Gasteiger partial charge in [-0.15, -0.1) is 0 Å². The Morgan fingerprint density at radius 2 is 1.80 bits per heavy atom. The molecule has 0 bridgehead atoms. The Hall–Kier alpha value is -3.53. The number of benzene rings is 3. The van der Waals surface area contributed by atoms with Crippen molar-refractivity contribution in [2.75, 3.05) is 12.4 Å². The molecule has 0 saturated heterocycles. The molecule has 1 N–H and O–H groups in total. The Morgan fingerprint density at radius 1 is 1.00 bits per heavy atom. The van der Waals surface area contributed by atoms with Gasteiger partial charge in [-0.05, 0) is 53.8 Å². The van der Waals surface area contributed by atoms with E-state index < -0.39 is 0 Å². The number of aryl methyl sites for hydroxylation is 2. The summed E-state index contributed by atoms with van der Waals surface area (Å²) in [6.45, 7) is 4.54. The molecular weight excluding hydrogens is 374 g/mol. The lowest BCUT2D eigenvalue weighted by Crippen LogP contribution is -2.11. The monoisotopic (exact) mass is 401 g/mol. The van der Waals surface area contributed by atoms with Crippen molar-refractivity contribution in [3.63, 3.8) is 0 Å². The fraction of sp³-hybridized carbons (Fsp3) is 0.192. The molecule has 0 aliphatic rings. The van der Waals surface area contributed by atoms with Crippen molar-refractivity contribution in [2.24, 2.45) is 0 Å². The highest BCUT2D eigenvalue weighted by Gasteiger charge is 2.08. The Balaban J connectivity index is 1.67. The van der Waals surface area contributed by atoms with Crippen LogP contribution in [0.25, 0.3) is 6.08 Å². The van der Waals surface area contributed by atoms with E-state index in [1.165, 1.54) is 6.08 Å². The van der Waals surface area contributed by atoms with E-state index >= 15 is 0 Å². The second-order valence-corrected chi connectivity index (χ2v) is 6.97. The van der Waals surface area contributed by atoms with Gasteiger partial charge >= 0.3 is 0 Å². The van der Waals surface area contributed by atoms with Crippen molar-refractivity contribution in [1.82, 2.24) is 0 Å². The molecule has 0 unspecified atom stereocenters. The molecule has 0 spiro atoms. The number of rotatable bonds is 8. The lowest BCUT2D eigenvalue weighted by Gasteiger charge is -2.12. The number of para-hydroxylation sites is 1. The molecule has 154 valence electrons. The van der Waals surface area contributed by atoms with Crippen molar-refractivity contribution in [2.45, 2.75) is 26.9 Å². The van der Waals surface area contributed by atoms with Crippen molar-refractivity contribution in [3.05, 3.63) is 95.1 Å². The second kappa shape index (κ2) is 10.3. The highest BCUT2D eigenvalue weighted by Crippen LogP contribution is 2.29. The third-order valence-electron chi connectivity index (χ3n) is 4.84. The molecule has 1 amide bonds. The first-order valence-corrected chi connectivity index (χ1v) is 10.0. The quantitative estimate of drug-likeness (QED) is 0.486. The molecule has 0 aromatic heterocycles. The molecule has 0 heterocycles. The van der Waals surface area contributed by atoms with E-state index in [0.717, 1.165) is 34.4 Å². The molecule has 0 aliphatic heterocycles. The van der Waals surface area contributed by atoms with Crippen molar-refractivity contribution in [3.8, 4) is 11.5 Å². The van der Waals surface area contributed by atoms with Gasteiger partial charge in [0, 0.05) is 11.8 Å². The van der Waals surface area contributed by atoms with Gasteiger partial charge in [0.05, 0.1) is 7.11 Å². The predicted octanol–water partition coefficient (Wildman–Crippen LogP) is 5.80. The van der Waals surface area contributed by atoms with Gasteiger partial charge in [-0.2, -0.15) is 0 Å². The van der Waals surface area contributed by atoms with Crippen LogP contribution in [0.15, 0.2) is 72.8 Å². The van der Waals surface area contributed by atoms with E-state index in [9.17, 15) is 4.79 Å². The van der Waals surface area contributed by atoms with Crippen LogP contribution in [0.3, 0.4) is 0 Å². The van der Waals surface area contributed by atoms with Gasteiger partial charge in [0.2, 0.25) is 5.91 Å². The summed E-state index contributed by atoms with van der Waals surface area (Å²) >= 11 is 0. The first-order valence-electron chi connectivity index (χ1n) is 10.0. The molecular formula is C26H27NO3. The van der Waals surface area contributed by atoms with Gasteiger partial charge < -0.3 is 14.8 Å². The normalized spacial score (nSPS) is 10.8. The number of hydrogen-bond donors (Lipinski definition) is 1. The van der Waals surface area contributed by atoms with Crippen molar-refractivity contribution in [1.29, 1.82) is 0 Å². The fourth-order valence-corrected chi connectivity index (χ4v) is 3.18. The minimum atomic E-state index is -0.164. The first-order chi connectivity index (χ1) is 14.6. The van der Waals surface area contributed by atoms with Crippen LogP contribution in [0.5, 0.6) is 11.5 Å². The van der Waals surface area contributed by atoms with Crippen LogP contribution in [-0.4, -0.2) is 13.0 Å². The van der Waals surface area contributed by atoms with Gasteiger partial charge in [-0.1, -0.05) is 61.5 Å². The molecule has 4 heteroatoms. The number of nitrogens with one attached hydrogen (secondary N) is 1. The molecule has 0 radical (unpaired) electrons. The molecule has 3 rings (SSSR count). The highest BCUT2D eigenvalue weighted by atomic mass is 16.5. The zero-order valence-corrected chi connectivity index (χ0v) is 17.6. The number of hydrogen-bond acceptors (Lipinski definition) is 3. The van der Waals surface area contributed by atoms with E-state index in [4.69, 9.17) is 9.47 Å². The maximum Gasteiger partial charge on any atom is 0.248 e. The predicted molar refractivity (Wildman–Crippen MR) is 122 cm³/mol. The molecule has 0 aliphatic carbocycles. The number of carbonyl (C=O) groups is 1. The lowest BCUT2D eigenvalue weighted by atomic mass is 10.1. The summed E-state index contributed by atoms with van der Waals surface area (Å²) in [5.41, 5.74) is 5.00. The first kappa shape index (κ1) is 21.2. The summed E-state index contributed by atoms with van der Waals surface area (Å²) in [5.74, 6) is 1.12. The van der Waals surface area contributed by atoms with E-state index in [2.05, 4.69) is 12.2 Å². The molecule has 3 aromatic rings. The smallest absolute Gasteiger partial charge is 0.248 e. The van der Waals surface area contributed by atoms with Crippen molar-refractivity contribution >= 4 is 17.7 Å². The van der Waals surface area contributed by atoms with Gasteiger partial charge in [0.15, 0.2) is 11.5 Å². The van der Waals surface area contributed by atoms with Crippen LogP contribution in [0.4, 0.5) is 5.69 Å². The Labute approximate surface area is 178 Å². The summed E-state index contributed by atoms with van der Waals surface area (Å²) in [4.78, 5) is 12.4. The lowest BCUT2D eigenvalue weighted by molar-refractivity contribution is -0.111. The molecule has 4 nitrogen and oxygen atoms in total. The largest absolute Gasteiger partial charge is 0.493 e. The summed E-state index contributed by atoms with van der Waals surface area (Å²) in [6, 6.07) is 21.6. The van der Waals surface area contributed by atoms with Crippen LogP contribution < -0.4 is 14.8 Å². The third kappa shape index (κ3) is 5.51. The number of amides is 1. The van der Waals surface area contributed by atoms with Gasteiger partial charge in [0.1, 0.15) is 6.61 Å². The van der Waals surface area contributed by atoms with Gasteiger partial charge in [-0.25, -0.2) is 0 Å². The molecule has 0 saturated carbocycles. The molecule has 30 heavy (non-hydrogen) atoms. The Morgan fingerprint density at radius 3 is 2.53 bits per heavy atom. The summed E-state index contributed by atoms with van der Waals surface area (Å²) in [5, 5.41) is 3.00. The topological polar surface area (TPSA) is 47.6 Å². The average Bonchev–Trinajstić information content (AvgIpc) is 2.78. The minimum Gasteiger partial charge on any atom is -0.493 e. The summed E-state index contributed by atoms with van der Waals surface area (Å²) < 4.78 is 11.3. The maximum atomic E-state index is 12.4. The SMILES string of the molecule is CCc1cccc(C)c1NC(=O)/C=C/c1ccc(OCc2ccccc2)c(OC)c1. The molecule has 0 atom stereocenters. The Kier molecular flexibility index (Phi) is 7.28. The van der Waals surface area contributed by atoms with E-state index in [-0.39, 0.29) is 5.91 Å². The van der Waals surface area contributed by atoms with E-state index in [0.29, 0.717) is 18.1 Å². The number of ether oxygens (including phenoxy) is 2. The van der Waals surface area contributed by atoms with Gasteiger partial charge in [-0.3, -0.25) is 4.79 Å². The van der Waals surface area contributed by atoms with E-state index in [1.807, 2.05) is 73.7 Å².